The summed E-state index contributed by atoms with van der Waals surface area (Å²) < 4.78 is 40.6. The monoisotopic (exact) mass is 555 g/mol. The number of rotatable bonds is 12. The van der Waals surface area contributed by atoms with Gasteiger partial charge in [0.1, 0.15) is 30.4 Å². The highest BCUT2D eigenvalue weighted by Gasteiger charge is 2.24. The number of carbonyl (C=O) groups is 1. The Balaban J connectivity index is 1.39. The number of carboxylic acids is 1. The van der Waals surface area contributed by atoms with Gasteiger partial charge < -0.3 is 14.3 Å². The summed E-state index contributed by atoms with van der Waals surface area (Å²) in [5, 5.41) is 9.82. The predicted molar refractivity (Wildman–Crippen MR) is 143 cm³/mol. The number of halogens is 1. The fourth-order valence-electron chi connectivity index (χ4n) is 3.57. The summed E-state index contributed by atoms with van der Waals surface area (Å²) in [5.41, 5.74) is 2.76. The van der Waals surface area contributed by atoms with Gasteiger partial charge in [0.2, 0.25) is 5.89 Å². The van der Waals surface area contributed by atoms with Crippen molar-refractivity contribution in [1.29, 1.82) is 0 Å². The summed E-state index contributed by atoms with van der Waals surface area (Å²) in [7, 11) is -4.09. The van der Waals surface area contributed by atoms with E-state index in [9.17, 15) is 18.3 Å². The van der Waals surface area contributed by atoms with Crippen molar-refractivity contribution >= 4 is 27.8 Å². The molecular weight excluding hydrogens is 530 g/mol. The standard InChI is InChI=1S/C27H26ClN3O6S/c1-19(25-18-36-27(30-25)22-5-3-2-4-6-22)37-24-13-9-21(10-14-24)16-31(17-26(32)33)38(34,35)29-15-20-7-11-23(28)12-8-20/h2-14,18-19,29H,15-17H2,1H3,(H,32,33). The van der Waals surface area contributed by atoms with E-state index < -0.39 is 28.8 Å². The third kappa shape index (κ3) is 7.42. The van der Waals surface area contributed by atoms with Crippen LogP contribution >= 0.6 is 11.6 Å². The van der Waals surface area contributed by atoms with Crippen LogP contribution < -0.4 is 9.46 Å². The lowest BCUT2D eigenvalue weighted by Crippen LogP contribution is -2.42. The number of ether oxygens (including phenoxy) is 1. The van der Waals surface area contributed by atoms with Crippen LogP contribution in [0.4, 0.5) is 0 Å². The molecule has 11 heteroatoms. The Morgan fingerprint density at radius 1 is 1.05 bits per heavy atom. The molecule has 0 fully saturated rings. The molecule has 3 aromatic carbocycles. The molecule has 0 amide bonds. The van der Waals surface area contributed by atoms with Crippen LogP contribution in [-0.2, 0) is 28.1 Å². The van der Waals surface area contributed by atoms with E-state index in [0.717, 1.165) is 9.87 Å². The van der Waals surface area contributed by atoms with Crippen molar-refractivity contribution < 1.29 is 27.5 Å². The first kappa shape index (κ1) is 27.3. The van der Waals surface area contributed by atoms with Gasteiger partial charge in [-0.25, -0.2) is 4.98 Å². The van der Waals surface area contributed by atoms with E-state index >= 15 is 0 Å². The molecule has 0 bridgehead atoms. The second-order valence-corrected chi connectivity index (χ2v) is 10.7. The summed E-state index contributed by atoms with van der Waals surface area (Å²) in [6.45, 7) is 1.01. The molecular formula is C27H26ClN3O6S. The summed E-state index contributed by atoms with van der Waals surface area (Å²) in [6.07, 6.45) is 1.15. The average Bonchev–Trinajstić information content (AvgIpc) is 3.40. The maximum atomic E-state index is 12.9. The minimum absolute atomic E-state index is 0.00563. The van der Waals surface area contributed by atoms with E-state index in [4.69, 9.17) is 20.8 Å². The van der Waals surface area contributed by atoms with Crippen molar-refractivity contribution in [3.8, 4) is 17.2 Å². The van der Waals surface area contributed by atoms with Gasteiger partial charge in [-0.3, -0.25) is 4.79 Å². The molecule has 1 aromatic heterocycles. The average molecular weight is 556 g/mol. The van der Waals surface area contributed by atoms with Gasteiger partial charge in [-0.15, -0.1) is 0 Å². The lowest BCUT2D eigenvalue weighted by molar-refractivity contribution is -0.137. The third-order valence-corrected chi connectivity index (χ3v) is 7.28. The van der Waals surface area contributed by atoms with E-state index in [1.807, 2.05) is 37.3 Å². The van der Waals surface area contributed by atoms with Crippen molar-refractivity contribution in [2.45, 2.75) is 26.1 Å². The van der Waals surface area contributed by atoms with E-state index in [2.05, 4.69) is 9.71 Å². The Morgan fingerprint density at radius 2 is 1.71 bits per heavy atom. The molecule has 0 aliphatic carbocycles. The Hall–Kier alpha value is -3.70. The number of aromatic nitrogens is 1. The molecule has 0 saturated carbocycles. The maximum absolute atomic E-state index is 12.9. The van der Waals surface area contributed by atoms with E-state index in [0.29, 0.717) is 33.5 Å². The van der Waals surface area contributed by atoms with E-state index in [1.54, 1.807) is 54.8 Å². The van der Waals surface area contributed by atoms with Crippen molar-refractivity contribution in [1.82, 2.24) is 14.0 Å². The van der Waals surface area contributed by atoms with Crippen LogP contribution in [0.1, 0.15) is 29.8 Å². The van der Waals surface area contributed by atoms with E-state index in [-0.39, 0.29) is 13.1 Å². The lowest BCUT2D eigenvalue weighted by Gasteiger charge is -2.21. The molecule has 38 heavy (non-hydrogen) atoms. The van der Waals surface area contributed by atoms with Crippen LogP contribution in [0.3, 0.4) is 0 Å². The third-order valence-electron chi connectivity index (χ3n) is 5.58. The Labute approximate surface area is 225 Å². The van der Waals surface area contributed by atoms with Gasteiger partial charge in [-0.2, -0.15) is 17.4 Å². The molecule has 1 heterocycles. The zero-order valence-corrected chi connectivity index (χ0v) is 22.0. The number of nitrogens with zero attached hydrogens (tertiary/aromatic N) is 2. The Morgan fingerprint density at radius 3 is 2.37 bits per heavy atom. The van der Waals surface area contributed by atoms with Crippen molar-refractivity contribution in [2.24, 2.45) is 0 Å². The smallest absolute Gasteiger partial charge is 0.318 e. The van der Waals surface area contributed by atoms with Gasteiger partial charge in [0.25, 0.3) is 10.2 Å². The number of oxazole rings is 1. The molecule has 1 unspecified atom stereocenters. The van der Waals surface area contributed by atoms with Gasteiger partial charge in [-0.05, 0) is 54.4 Å². The molecule has 0 aliphatic heterocycles. The van der Waals surface area contributed by atoms with Crippen molar-refractivity contribution in [3.63, 3.8) is 0 Å². The van der Waals surface area contributed by atoms with Crippen LogP contribution in [0.15, 0.2) is 89.5 Å². The zero-order valence-electron chi connectivity index (χ0n) is 20.5. The first-order valence-electron chi connectivity index (χ1n) is 11.7. The fraction of sp³-hybridized carbons (Fsp3) is 0.185. The number of hydrogen-bond acceptors (Lipinski definition) is 6. The van der Waals surface area contributed by atoms with Crippen LogP contribution in [0.25, 0.3) is 11.5 Å². The predicted octanol–water partition coefficient (Wildman–Crippen LogP) is 5.06. The topological polar surface area (TPSA) is 122 Å². The molecule has 1 atom stereocenters. The molecule has 0 saturated heterocycles. The van der Waals surface area contributed by atoms with Gasteiger partial charge in [0.05, 0.1) is 0 Å². The molecule has 9 nitrogen and oxygen atoms in total. The minimum atomic E-state index is -4.09. The quantitative estimate of drug-likeness (QED) is 0.250. The highest BCUT2D eigenvalue weighted by molar-refractivity contribution is 7.87. The Kier molecular flexibility index (Phi) is 8.80. The minimum Gasteiger partial charge on any atom is -0.484 e. The summed E-state index contributed by atoms with van der Waals surface area (Å²) >= 11 is 5.87. The number of carboxylic acid groups (broad SMARTS) is 1. The largest absolute Gasteiger partial charge is 0.484 e. The summed E-state index contributed by atoms with van der Waals surface area (Å²) in [6, 6.07) is 22.9. The molecule has 4 rings (SSSR count). The second-order valence-electron chi connectivity index (χ2n) is 8.46. The normalized spacial score (nSPS) is 12.4. The lowest BCUT2D eigenvalue weighted by atomic mass is 10.2. The van der Waals surface area contributed by atoms with Crippen LogP contribution in [0.2, 0.25) is 5.02 Å². The first-order valence-corrected chi connectivity index (χ1v) is 13.5. The molecule has 0 spiro atoms. The first-order chi connectivity index (χ1) is 18.2. The molecule has 0 aliphatic rings. The molecule has 198 valence electrons. The van der Waals surface area contributed by atoms with Crippen molar-refractivity contribution in [2.75, 3.05) is 6.54 Å². The number of aliphatic carboxylic acids is 1. The van der Waals surface area contributed by atoms with E-state index in [1.165, 1.54) is 0 Å². The Bertz CT molecular complexity index is 1460. The van der Waals surface area contributed by atoms with Gasteiger partial charge >= 0.3 is 5.97 Å². The van der Waals surface area contributed by atoms with Crippen LogP contribution in [0.5, 0.6) is 5.75 Å². The highest BCUT2D eigenvalue weighted by atomic mass is 35.5. The van der Waals surface area contributed by atoms with Gasteiger partial charge in [-0.1, -0.05) is 54.1 Å². The fourth-order valence-corrected chi connectivity index (χ4v) is 4.83. The SMILES string of the molecule is CC(Oc1ccc(CN(CC(=O)O)S(=O)(=O)NCc2ccc(Cl)cc2)cc1)c1coc(-c2ccccc2)n1. The molecule has 0 radical (unpaired) electrons. The second kappa shape index (κ2) is 12.2. The van der Waals surface area contributed by atoms with Gasteiger partial charge in [0, 0.05) is 23.7 Å². The van der Waals surface area contributed by atoms with Gasteiger partial charge in [0.15, 0.2) is 0 Å². The maximum Gasteiger partial charge on any atom is 0.318 e. The zero-order chi connectivity index (χ0) is 27.1. The number of nitrogens with one attached hydrogen (secondary N) is 1. The number of hydrogen-bond donors (Lipinski definition) is 2. The van der Waals surface area contributed by atoms with Crippen LogP contribution in [-0.4, -0.2) is 35.3 Å². The number of benzene rings is 3. The van der Waals surface area contributed by atoms with Crippen molar-refractivity contribution in [3.05, 3.63) is 107 Å². The summed E-state index contributed by atoms with van der Waals surface area (Å²) in [4.78, 5) is 15.9. The van der Waals surface area contributed by atoms with Crippen LogP contribution in [0, 0.1) is 0 Å². The molecule has 4 aromatic rings. The highest BCUT2D eigenvalue weighted by Crippen LogP contribution is 2.25. The summed E-state index contributed by atoms with van der Waals surface area (Å²) in [5.74, 6) is -0.229. The molecule has 2 N–H and O–H groups in total.